The van der Waals surface area contributed by atoms with E-state index < -0.39 is 0 Å². The molecule has 1 rings (SSSR count). The van der Waals surface area contributed by atoms with E-state index in [4.69, 9.17) is 11.6 Å². The number of halogens is 1. The zero-order valence-corrected chi connectivity index (χ0v) is 9.39. The summed E-state index contributed by atoms with van der Waals surface area (Å²) in [5, 5.41) is 9.39. The van der Waals surface area contributed by atoms with E-state index in [1.807, 2.05) is 19.9 Å². The van der Waals surface area contributed by atoms with Crippen molar-refractivity contribution >= 4 is 11.6 Å². The molecule has 0 heterocycles. The normalized spacial score (nSPS) is 34.5. The first-order chi connectivity index (χ1) is 5.89. The van der Waals surface area contributed by atoms with Gasteiger partial charge in [-0.05, 0) is 30.6 Å². The first kappa shape index (κ1) is 10.6. The van der Waals surface area contributed by atoms with E-state index in [9.17, 15) is 5.11 Å². The number of aliphatic hydroxyl groups is 1. The first-order valence-corrected chi connectivity index (χ1v) is 5.05. The van der Waals surface area contributed by atoms with Crippen LogP contribution in [0.4, 0.5) is 0 Å². The molecule has 0 bridgehead atoms. The predicted octanol–water partition coefficient (Wildman–Crippen LogP) is 3.66. The van der Waals surface area contributed by atoms with Crippen molar-refractivity contribution in [1.82, 2.24) is 0 Å². The fourth-order valence-corrected chi connectivity index (χ4v) is 2.22. The summed E-state index contributed by atoms with van der Waals surface area (Å²) >= 11 is 6.55. The van der Waals surface area contributed by atoms with Gasteiger partial charge in [0.2, 0.25) is 0 Å². The van der Waals surface area contributed by atoms with E-state index in [0.717, 1.165) is 5.57 Å². The second kappa shape index (κ2) is 3.38. The van der Waals surface area contributed by atoms with Gasteiger partial charge in [0.25, 0.3) is 0 Å². The Labute approximate surface area is 85.1 Å². The van der Waals surface area contributed by atoms with Gasteiger partial charge >= 0.3 is 0 Å². The minimum Gasteiger partial charge on any atom is -0.508 e. The lowest BCUT2D eigenvalue weighted by molar-refractivity contribution is 0.360. The van der Waals surface area contributed by atoms with Gasteiger partial charge in [0.1, 0.15) is 5.76 Å². The predicted molar refractivity (Wildman–Crippen MR) is 57.1 cm³/mol. The van der Waals surface area contributed by atoms with Crippen LogP contribution in [0.25, 0.3) is 0 Å². The highest BCUT2D eigenvalue weighted by Crippen LogP contribution is 2.43. The van der Waals surface area contributed by atoms with Crippen molar-refractivity contribution in [2.24, 2.45) is 11.8 Å². The van der Waals surface area contributed by atoms with Gasteiger partial charge in [-0.15, -0.1) is 11.6 Å². The molecule has 0 saturated heterocycles. The standard InChI is InChI=1S/C11H17ClO/c1-7(2)11(12)8(3)5-10(13)6-9(11)4/h5-8,13H,1-4H3. The van der Waals surface area contributed by atoms with Crippen molar-refractivity contribution < 1.29 is 5.11 Å². The number of rotatable bonds is 1. The summed E-state index contributed by atoms with van der Waals surface area (Å²) in [7, 11) is 0. The Morgan fingerprint density at radius 1 is 1.54 bits per heavy atom. The Morgan fingerprint density at radius 2 is 2.08 bits per heavy atom. The molecular formula is C11H17ClO. The SMILES string of the molecule is CC1=CC(O)=CC(C)C1(Cl)C(C)C. The van der Waals surface area contributed by atoms with Crippen molar-refractivity contribution in [2.75, 3.05) is 0 Å². The minimum atomic E-state index is -0.327. The van der Waals surface area contributed by atoms with Crippen LogP contribution in [0.3, 0.4) is 0 Å². The second-order valence-electron chi connectivity index (χ2n) is 4.13. The van der Waals surface area contributed by atoms with Crippen LogP contribution in [0.15, 0.2) is 23.5 Å². The lowest BCUT2D eigenvalue weighted by Crippen LogP contribution is -2.38. The average molecular weight is 201 g/mol. The second-order valence-corrected chi connectivity index (χ2v) is 4.76. The maximum atomic E-state index is 9.39. The van der Waals surface area contributed by atoms with Crippen LogP contribution in [0.5, 0.6) is 0 Å². The molecule has 2 unspecified atom stereocenters. The van der Waals surface area contributed by atoms with Gasteiger partial charge < -0.3 is 5.11 Å². The summed E-state index contributed by atoms with van der Waals surface area (Å²) in [5.41, 5.74) is 1.05. The van der Waals surface area contributed by atoms with Crippen molar-refractivity contribution in [3.63, 3.8) is 0 Å². The molecule has 74 valence electrons. The van der Waals surface area contributed by atoms with Gasteiger partial charge in [0.15, 0.2) is 0 Å². The van der Waals surface area contributed by atoms with E-state index in [1.165, 1.54) is 0 Å². The first-order valence-electron chi connectivity index (χ1n) is 4.67. The molecule has 13 heavy (non-hydrogen) atoms. The van der Waals surface area contributed by atoms with Crippen LogP contribution in [0, 0.1) is 11.8 Å². The molecule has 2 heteroatoms. The number of hydrogen-bond donors (Lipinski definition) is 1. The minimum absolute atomic E-state index is 0.180. The van der Waals surface area contributed by atoms with Crippen LogP contribution in [-0.2, 0) is 0 Å². The van der Waals surface area contributed by atoms with Gasteiger partial charge in [0, 0.05) is 5.92 Å². The molecule has 0 spiro atoms. The highest BCUT2D eigenvalue weighted by molar-refractivity contribution is 6.26. The molecule has 1 aliphatic carbocycles. The molecule has 0 aromatic carbocycles. The third-order valence-corrected chi connectivity index (χ3v) is 3.97. The summed E-state index contributed by atoms with van der Waals surface area (Å²) in [4.78, 5) is -0.327. The molecule has 1 nitrogen and oxygen atoms in total. The quantitative estimate of drug-likeness (QED) is 0.641. The van der Waals surface area contributed by atoms with Gasteiger partial charge in [-0.2, -0.15) is 0 Å². The van der Waals surface area contributed by atoms with Gasteiger partial charge in [-0.3, -0.25) is 0 Å². The lowest BCUT2D eigenvalue weighted by Gasteiger charge is -2.38. The number of hydrogen-bond acceptors (Lipinski definition) is 1. The molecule has 1 aliphatic rings. The number of aliphatic hydroxyl groups excluding tert-OH is 1. The van der Waals surface area contributed by atoms with Crippen molar-refractivity contribution in [1.29, 1.82) is 0 Å². The zero-order chi connectivity index (χ0) is 10.2. The van der Waals surface area contributed by atoms with E-state index in [-0.39, 0.29) is 10.8 Å². The number of alkyl halides is 1. The van der Waals surface area contributed by atoms with Gasteiger partial charge in [-0.1, -0.05) is 20.8 Å². The van der Waals surface area contributed by atoms with Crippen LogP contribution in [0.1, 0.15) is 27.7 Å². The largest absolute Gasteiger partial charge is 0.508 e. The molecule has 0 aliphatic heterocycles. The summed E-state index contributed by atoms with van der Waals surface area (Å²) < 4.78 is 0. The highest BCUT2D eigenvalue weighted by Gasteiger charge is 2.40. The Morgan fingerprint density at radius 3 is 2.46 bits per heavy atom. The van der Waals surface area contributed by atoms with Crippen LogP contribution < -0.4 is 0 Å². The van der Waals surface area contributed by atoms with Crippen LogP contribution in [0.2, 0.25) is 0 Å². The monoisotopic (exact) mass is 200 g/mol. The maximum Gasteiger partial charge on any atom is 0.111 e. The Kier molecular flexibility index (Phi) is 2.76. The number of allylic oxidation sites excluding steroid dienone is 3. The smallest absolute Gasteiger partial charge is 0.111 e. The van der Waals surface area contributed by atoms with Crippen molar-refractivity contribution in [2.45, 2.75) is 32.6 Å². The van der Waals surface area contributed by atoms with Crippen molar-refractivity contribution in [3.8, 4) is 0 Å². The van der Waals surface area contributed by atoms with E-state index in [2.05, 4.69) is 13.8 Å². The molecular weight excluding hydrogens is 184 g/mol. The molecule has 0 radical (unpaired) electrons. The Hall–Kier alpha value is -0.430. The van der Waals surface area contributed by atoms with Gasteiger partial charge in [-0.25, -0.2) is 0 Å². The van der Waals surface area contributed by atoms with E-state index >= 15 is 0 Å². The third kappa shape index (κ3) is 1.62. The third-order valence-electron chi connectivity index (χ3n) is 2.89. The topological polar surface area (TPSA) is 20.2 Å². The van der Waals surface area contributed by atoms with E-state index in [1.54, 1.807) is 6.08 Å². The Balaban J connectivity index is 3.09. The average Bonchev–Trinajstić information content (AvgIpc) is 1.99. The fourth-order valence-electron chi connectivity index (χ4n) is 2.10. The fraction of sp³-hybridized carbons (Fsp3) is 0.636. The highest BCUT2D eigenvalue weighted by atomic mass is 35.5. The van der Waals surface area contributed by atoms with Gasteiger partial charge in [0.05, 0.1) is 4.87 Å². The maximum absolute atomic E-state index is 9.39. The molecule has 0 fully saturated rings. The lowest BCUT2D eigenvalue weighted by atomic mass is 9.75. The molecule has 0 aromatic rings. The molecule has 0 saturated carbocycles. The molecule has 0 amide bonds. The van der Waals surface area contributed by atoms with Crippen LogP contribution in [-0.4, -0.2) is 9.98 Å². The Bertz CT molecular complexity index is 265. The molecule has 2 atom stereocenters. The molecule has 1 N–H and O–H groups in total. The molecule has 0 aromatic heterocycles. The van der Waals surface area contributed by atoms with Crippen LogP contribution >= 0.6 is 11.6 Å². The summed E-state index contributed by atoms with van der Waals surface area (Å²) in [6.07, 6.45) is 3.58. The summed E-state index contributed by atoms with van der Waals surface area (Å²) in [6, 6.07) is 0. The zero-order valence-electron chi connectivity index (χ0n) is 8.63. The summed E-state index contributed by atoms with van der Waals surface area (Å²) in [6.45, 7) is 8.24. The summed E-state index contributed by atoms with van der Waals surface area (Å²) in [5.74, 6) is 0.880. The van der Waals surface area contributed by atoms with Crippen molar-refractivity contribution in [3.05, 3.63) is 23.5 Å². The van der Waals surface area contributed by atoms with E-state index in [0.29, 0.717) is 11.7 Å².